The molecule has 1 saturated heterocycles. The molecule has 0 saturated carbocycles. The number of hydrogen-bond donors (Lipinski definition) is 1. The van der Waals surface area contributed by atoms with Crippen LogP contribution in [0.4, 0.5) is 4.39 Å². The Kier molecular flexibility index (Phi) is 4.94. The summed E-state index contributed by atoms with van der Waals surface area (Å²) in [5.41, 5.74) is 3.78. The molecule has 3 aromatic rings. The number of aromatic nitrogens is 1. The zero-order valence-corrected chi connectivity index (χ0v) is 15.4. The predicted octanol–water partition coefficient (Wildman–Crippen LogP) is 4.47. The molecular formula is C22H23FN2O2. The molecule has 1 N–H and O–H groups in total. The van der Waals surface area contributed by atoms with Crippen molar-refractivity contribution in [1.82, 2.24) is 9.88 Å². The van der Waals surface area contributed by atoms with E-state index in [1.54, 1.807) is 6.07 Å². The van der Waals surface area contributed by atoms with E-state index >= 15 is 0 Å². The summed E-state index contributed by atoms with van der Waals surface area (Å²) in [6.07, 6.45) is 4.12. The Morgan fingerprint density at radius 1 is 1.22 bits per heavy atom. The predicted molar refractivity (Wildman–Crippen MR) is 103 cm³/mol. The van der Waals surface area contributed by atoms with Gasteiger partial charge in [0, 0.05) is 23.6 Å². The Labute approximate surface area is 157 Å². The van der Waals surface area contributed by atoms with E-state index in [-0.39, 0.29) is 11.8 Å². The van der Waals surface area contributed by atoms with Gasteiger partial charge in [-0.3, -0.25) is 4.90 Å². The first-order chi connectivity index (χ1) is 13.2. The molecule has 2 heterocycles. The maximum Gasteiger partial charge on any atom is 0.338 e. The second kappa shape index (κ2) is 7.53. The summed E-state index contributed by atoms with van der Waals surface area (Å²) in [5, 5.41) is 1.12. The van der Waals surface area contributed by atoms with Crippen molar-refractivity contribution in [2.75, 3.05) is 20.2 Å². The van der Waals surface area contributed by atoms with Crippen LogP contribution in [0.3, 0.4) is 0 Å². The molecular weight excluding hydrogens is 343 g/mol. The molecule has 0 bridgehead atoms. The molecule has 140 valence electrons. The van der Waals surface area contributed by atoms with Crippen molar-refractivity contribution in [3.8, 4) is 0 Å². The number of likely N-dealkylation sites (tertiary alicyclic amines) is 1. The Balaban J connectivity index is 1.44. The number of H-pyrrole nitrogens is 1. The van der Waals surface area contributed by atoms with E-state index in [1.165, 1.54) is 18.7 Å². The second-order valence-corrected chi connectivity index (χ2v) is 7.13. The molecule has 0 aliphatic carbocycles. The molecule has 0 spiro atoms. The summed E-state index contributed by atoms with van der Waals surface area (Å²) in [5.74, 6) is -0.0298. The van der Waals surface area contributed by atoms with Crippen molar-refractivity contribution in [2.45, 2.75) is 25.3 Å². The van der Waals surface area contributed by atoms with Gasteiger partial charge >= 0.3 is 5.97 Å². The van der Waals surface area contributed by atoms with E-state index in [0.29, 0.717) is 11.5 Å². The van der Waals surface area contributed by atoms with Crippen LogP contribution in [-0.2, 0) is 11.3 Å². The number of aromatic amines is 1. The van der Waals surface area contributed by atoms with Gasteiger partial charge in [-0.05, 0) is 67.2 Å². The highest BCUT2D eigenvalue weighted by Gasteiger charge is 2.24. The number of fused-ring (bicyclic) bond motifs is 1. The molecule has 2 aromatic carbocycles. The van der Waals surface area contributed by atoms with Gasteiger partial charge in [-0.2, -0.15) is 0 Å². The molecule has 4 rings (SSSR count). The van der Waals surface area contributed by atoms with E-state index in [2.05, 4.69) is 9.88 Å². The van der Waals surface area contributed by atoms with Gasteiger partial charge in [-0.25, -0.2) is 9.18 Å². The largest absolute Gasteiger partial charge is 0.465 e. The number of nitrogens with one attached hydrogen (secondary N) is 1. The molecule has 1 aliphatic rings. The van der Waals surface area contributed by atoms with Gasteiger partial charge in [0.2, 0.25) is 0 Å². The lowest BCUT2D eigenvalue weighted by atomic mass is 9.89. The van der Waals surface area contributed by atoms with E-state index < -0.39 is 0 Å². The summed E-state index contributed by atoms with van der Waals surface area (Å²) in [7, 11) is 1.41. The fourth-order valence-corrected chi connectivity index (χ4v) is 4.07. The number of ether oxygens (including phenoxy) is 1. The van der Waals surface area contributed by atoms with Crippen LogP contribution >= 0.6 is 0 Å². The molecule has 0 unspecified atom stereocenters. The Bertz CT molecular complexity index is 958. The minimum absolute atomic E-state index is 0.213. The SMILES string of the molecule is COC(=O)c1ccccc1CN1CCC(c2c[nH]c3cc(F)ccc23)CC1. The van der Waals surface area contributed by atoms with Gasteiger partial charge in [-0.15, -0.1) is 0 Å². The van der Waals surface area contributed by atoms with Crippen LogP contribution in [0.2, 0.25) is 0 Å². The molecule has 0 atom stereocenters. The lowest BCUT2D eigenvalue weighted by molar-refractivity contribution is 0.0598. The van der Waals surface area contributed by atoms with Gasteiger partial charge in [0.05, 0.1) is 12.7 Å². The smallest absolute Gasteiger partial charge is 0.338 e. The first kappa shape index (κ1) is 17.7. The van der Waals surface area contributed by atoms with E-state index in [0.717, 1.165) is 48.9 Å². The van der Waals surface area contributed by atoms with E-state index in [1.807, 2.05) is 36.5 Å². The van der Waals surface area contributed by atoms with Crippen LogP contribution in [-0.4, -0.2) is 36.1 Å². The minimum atomic E-state index is -0.286. The minimum Gasteiger partial charge on any atom is -0.465 e. The van der Waals surface area contributed by atoms with Crippen LogP contribution in [0.5, 0.6) is 0 Å². The first-order valence-corrected chi connectivity index (χ1v) is 9.31. The maximum atomic E-state index is 13.4. The third-order valence-electron chi connectivity index (χ3n) is 5.52. The van der Waals surface area contributed by atoms with Crippen LogP contribution in [0.15, 0.2) is 48.7 Å². The Morgan fingerprint density at radius 2 is 2.00 bits per heavy atom. The Hall–Kier alpha value is -2.66. The lowest BCUT2D eigenvalue weighted by Gasteiger charge is -2.32. The molecule has 27 heavy (non-hydrogen) atoms. The second-order valence-electron chi connectivity index (χ2n) is 7.13. The fraction of sp³-hybridized carbons (Fsp3) is 0.318. The molecule has 5 heteroatoms. The average molecular weight is 366 g/mol. The summed E-state index contributed by atoms with van der Waals surface area (Å²) < 4.78 is 18.3. The number of piperidine rings is 1. The van der Waals surface area contributed by atoms with Crippen molar-refractivity contribution in [3.63, 3.8) is 0 Å². The van der Waals surface area contributed by atoms with Crippen molar-refractivity contribution in [2.24, 2.45) is 0 Å². The summed E-state index contributed by atoms with van der Waals surface area (Å²) in [6.45, 7) is 2.68. The van der Waals surface area contributed by atoms with Crippen LogP contribution in [0.25, 0.3) is 10.9 Å². The summed E-state index contributed by atoms with van der Waals surface area (Å²) >= 11 is 0. The monoisotopic (exact) mass is 366 g/mol. The highest BCUT2D eigenvalue weighted by molar-refractivity contribution is 5.91. The highest BCUT2D eigenvalue weighted by Crippen LogP contribution is 2.33. The molecule has 0 radical (unpaired) electrons. The molecule has 1 aromatic heterocycles. The normalized spacial score (nSPS) is 15.9. The molecule has 1 fully saturated rings. The van der Waals surface area contributed by atoms with E-state index in [4.69, 9.17) is 4.74 Å². The zero-order valence-electron chi connectivity index (χ0n) is 15.4. The number of esters is 1. The number of halogens is 1. The van der Waals surface area contributed by atoms with Gasteiger partial charge in [-0.1, -0.05) is 18.2 Å². The number of hydrogen-bond acceptors (Lipinski definition) is 3. The van der Waals surface area contributed by atoms with Crippen molar-refractivity contribution in [1.29, 1.82) is 0 Å². The average Bonchev–Trinajstić information content (AvgIpc) is 3.11. The summed E-state index contributed by atoms with van der Waals surface area (Å²) in [4.78, 5) is 17.5. The number of benzene rings is 2. The van der Waals surface area contributed by atoms with Crippen LogP contribution in [0.1, 0.15) is 40.2 Å². The van der Waals surface area contributed by atoms with Crippen LogP contribution in [0, 0.1) is 5.82 Å². The summed E-state index contributed by atoms with van der Waals surface area (Å²) in [6, 6.07) is 12.6. The van der Waals surface area contributed by atoms with E-state index in [9.17, 15) is 9.18 Å². The number of carbonyl (C=O) groups excluding carboxylic acids is 1. The first-order valence-electron chi connectivity index (χ1n) is 9.31. The highest BCUT2D eigenvalue weighted by atomic mass is 19.1. The number of carbonyl (C=O) groups is 1. The Morgan fingerprint density at radius 3 is 2.78 bits per heavy atom. The third kappa shape index (κ3) is 3.60. The molecule has 4 nitrogen and oxygen atoms in total. The number of rotatable bonds is 4. The number of methoxy groups -OCH3 is 1. The van der Waals surface area contributed by atoms with Gasteiger partial charge < -0.3 is 9.72 Å². The molecule has 1 aliphatic heterocycles. The van der Waals surface area contributed by atoms with Crippen LogP contribution < -0.4 is 0 Å². The fourth-order valence-electron chi connectivity index (χ4n) is 4.07. The maximum absolute atomic E-state index is 13.4. The topological polar surface area (TPSA) is 45.3 Å². The lowest BCUT2D eigenvalue weighted by Crippen LogP contribution is -2.33. The van der Waals surface area contributed by atoms with Gasteiger partial charge in [0.1, 0.15) is 5.82 Å². The quantitative estimate of drug-likeness (QED) is 0.693. The van der Waals surface area contributed by atoms with Crippen molar-refractivity contribution in [3.05, 3.63) is 71.2 Å². The standard InChI is InChI=1S/C22H23FN2O2/c1-27-22(26)18-5-3-2-4-16(18)14-25-10-8-15(9-11-25)20-13-24-21-12-17(23)6-7-19(20)21/h2-7,12-13,15,24H,8-11,14H2,1H3. The molecule has 0 amide bonds. The zero-order chi connectivity index (χ0) is 18.8. The van der Waals surface area contributed by atoms with Crippen molar-refractivity contribution < 1.29 is 13.9 Å². The van der Waals surface area contributed by atoms with Crippen molar-refractivity contribution >= 4 is 16.9 Å². The van der Waals surface area contributed by atoms with Gasteiger partial charge in [0.25, 0.3) is 0 Å². The third-order valence-corrected chi connectivity index (χ3v) is 5.52. The number of nitrogens with zero attached hydrogens (tertiary/aromatic N) is 1. The van der Waals surface area contributed by atoms with Gasteiger partial charge in [0.15, 0.2) is 0 Å².